The molecule has 1 saturated heterocycles. The monoisotopic (exact) mass is 495 g/mol. The molecule has 182 valence electrons. The van der Waals surface area contributed by atoms with E-state index in [2.05, 4.69) is 25.5 Å². The number of aryl methyl sites for hydroxylation is 1. The molecule has 0 saturated carbocycles. The number of hydrogen-bond donors (Lipinski definition) is 3. The first-order chi connectivity index (χ1) is 17.0. The molecule has 5 rings (SSSR count). The number of thiazole rings is 1. The number of nitrogens with one attached hydrogen (secondary N) is 2. The van der Waals surface area contributed by atoms with Gasteiger partial charge in [0.2, 0.25) is 11.4 Å². The highest BCUT2D eigenvalue weighted by atomic mass is 32.1. The van der Waals surface area contributed by atoms with Crippen molar-refractivity contribution in [2.45, 2.75) is 19.3 Å². The second-order valence-electron chi connectivity index (χ2n) is 8.26. The number of piperidine rings is 1. The van der Waals surface area contributed by atoms with Crippen LogP contribution in [0.1, 0.15) is 29.8 Å². The molecule has 0 bridgehead atoms. The summed E-state index contributed by atoms with van der Waals surface area (Å²) in [6.45, 7) is 2.10. The number of aliphatic hydroxyl groups is 1. The van der Waals surface area contributed by atoms with Crippen LogP contribution in [0.25, 0.3) is 21.8 Å². The number of oxazole rings is 1. The molecular formula is C23H25N7O4S. The van der Waals surface area contributed by atoms with Gasteiger partial charge in [0.25, 0.3) is 5.91 Å². The number of anilines is 3. The molecule has 0 aromatic carbocycles. The van der Waals surface area contributed by atoms with Crippen LogP contribution in [0, 0.1) is 0 Å². The Kier molecular flexibility index (Phi) is 6.47. The molecule has 1 aliphatic rings. The smallest absolute Gasteiger partial charge is 0.277 e. The summed E-state index contributed by atoms with van der Waals surface area (Å²) in [5.74, 6) is 0.497. The van der Waals surface area contributed by atoms with E-state index in [-0.39, 0.29) is 23.8 Å². The average molecular weight is 496 g/mol. The summed E-state index contributed by atoms with van der Waals surface area (Å²) >= 11 is 1.41. The van der Waals surface area contributed by atoms with E-state index in [4.69, 9.17) is 14.5 Å². The first-order valence-electron chi connectivity index (χ1n) is 11.4. The number of rotatable bonds is 7. The molecule has 4 aromatic heterocycles. The van der Waals surface area contributed by atoms with Gasteiger partial charge in [-0.25, -0.2) is 15.0 Å². The maximum atomic E-state index is 13.1. The van der Waals surface area contributed by atoms with Gasteiger partial charge in [0.15, 0.2) is 22.3 Å². The van der Waals surface area contributed by atoms with Crippen LogP contribution >= 0.6 is 11.3 Å². The number of carbonyl (C=O) groups excluding carboxylic acids is 1. The fourth-order valence-electron chi connectivity index (χ4n) is 3.95. The Bertz CT molecular complexity index is 1420. The molecule has 0 atom stereocenters. The van der Waals surface area contributed by atoms with Gasteiger partial charge in [0.05, 0.1) is 22.6 Å². The van der Waals surface area contributed by atoms with E-state index < -0.39 is 5.91 Å². The predicted octanol–water partition coefficient (Wildman–Crippen LogP) is 2.69. The first kappa shape index (κ1) is 23.0. The number of aliphatic hydroxyl groups excluding tert-OH is 1. The number of nitrogens with zero attached hydrogens (tertiary/aromatic N) is 5. The van der Waals surface area contributed by atoms with Crippen molar-refractivity contribution < 1.29 is 14.3 Å². The molecule has 1 amide bonds. The van der Waals surface area contributed by atoms with E-state index >= 15 is 0 Å². The normalized spacial score (nSPS) is 13.8. The Hall–Kier alpha value is -3.77. The lowest BCUT2D eigenvalue weighted by molar-refractivity contribution is 0.102. The average Bonchev–Trinajstić information content (AvgIpc) is 3.51. The third-order valence-electron chi connectivity index (χ3n) is 5.72. The molecule has 0 aliphatic carbocycles. The van der Waals surface area contributed by atoms with E-state index in [1.807, 2.05) is 6.07 Å². The minimum atomic E-state index is -0.424. The summed E-state index contributed by atoms with van der Waals surface area (Å²) in [6.07, 6.45) is 6.18. The second kappa shape index (κ2) is 9.84. The van der Waals surface area contributed by atoms with Gasteiger partial charge in [-0.2, -0.15) is 0 Å². The topological polar surface area (TPSA) is 138 Å². The van der Waals surface area contributed by atoms with Crippen LogP contribution in [0.15, 0.2) is 39.9 Å². The highest BCUT2D eigenvalue weighted by molar-refractivity contribution is 7.22. The van der Waals surface area contributed by atoms with Crippen LogP contribution in [0.2, 0.25) is 0 Å². The fraction of sp³-hybridized carbons (Fsp3) is 0.348. The third kappa shape index (κ3) is 4.88. The van der Waals surface area contributed by atoms with E-state index in [0.29, 0.717) is 34.4 Å². The third-order valence-corrected chi connectivity index (χ3v) is 6.67. The van der Waals surface area contributed by atoms with Crippen LogP contribution in [0.4, 0.5) is 16.6 Å². The van der Waals surface area contributed by atoms with Gasteiger partial charge in [-0.3, -0.25) is 9.59 Å². The first-order valence-corrected chi connectivity index (χ1v) is 12.2. The molecule has 35 heavy (non-hydrogen) atoms. The lowest BCUT2D eigenvalue weighted by atomic mass is 10.1. The molecular weight excluding hydrogens is 470 g/mol. The maximum Gasteiger partial charge on any atom is 0.277 e. The van der Waals surface area contributed by atoms with Crippen molar-refractivity contribution in [3.8, 4) is 11.5 Å². The number of hydrogen-bond acceptors (Lipinski definition) is 10. The highest BCUT2D eigenvalue weighted by Gasteiger charge is 2.22. The SMILES string of the molecule is Cn1cc(-c2nc(C(=O)Nc3cc4sc(NCCO)nc4nc3N3CCCCC3)co2)ccc1=O. The zero-order valence-electron chi connectivity index (χ0n) is 19.2. The zero-order valence-corrected chi connectivity index (χ0v) is 20.0. The minimum absolute atomic E-state index is 0.00265. The van der Waals surface area contributed by atoms with Gasteiger partial charge in [0.1, 0.15) is 6.26 Å². The molecule has 5 heterocycles. The van der Waals surface area contributed by atoms with Gasteiger partial charge < -0.3 is 29.6 Å². The van der Waals surface area contributed by atoms with Crippen LogP contribution < -0.4 is 21.1 Å². The number of pyridine rings is 2. The van der Waals surface area contributed by atoms with Crippen molar-refractivity contribution in [1.82, 2.24) is 19.5 Å². The molecule has 1 aliphatic heterocycles. The highest BCUT2D eigenvalue weighted by Crippen LogP contribution is 2.34. The van der Waals surface area contributed by atoms with Crippen molar-refractivity contribution in [3.05, 3.63) is 46.7 Å². The fourth-order valence-corrected chi connectivity index (χ4v) is 4.82. The van der Waals surface area contributed by atoms with Crippen LogP contribution in [-0.4, -0.2) is 56.8 Å². The van der Waals surface area contributed by atoms with Crippen molar-refractivity contribution in [2.75, 3.05) is 41.8 Å². The molecule has 0 radical (unpaired) electrons. The number of carbonyl (C=O) groups is 1. The standard InChI is InChI=1S/C23H25N7O4S/c1-29-12-14(5-6-18(29)32)22-26-16(13-34-22)21(33)25-15-11-17-19(28-23(35-17)24-7-10-31)27-20(15)30-8-3-2-4-9-30/h5-6,11-13,31H,2-4,7-10H2,1H3,(H,25,33)(H,24,27,28). The van der Waals surface area contributed by atoms with Crippen molar-refractivity contribution in [3.63, 3.8) is 0 Å². The number of fused-ring (bicyclic) bond motifs is 1. The van der Waals surface area contributed by atoms with Gasteiger partial charge in [-0.15, -0.1) is 0 Å². The Morgan fingerprint density at radius 2 is 2.03 bits per heavy atom. The maximum absolute atomic E-state index is 13.1. The van der Waals surface area contributed by atoms with E-state index in [0.717, 1.165) is 30.6 Å². The quantitative estimate of drug-likeness (QED) is 0.353. The molecule has 0 spiro atoms. The van der Waals surface area contributed by atoms with Crippen LogP contribution in [-0.2, 0) is 7.05 Å². The Labute approximate surface area is 204 Å². The molecule has 1 fully saturated rings. The largest absolute Gasteiger partial charge is 0.444 e. The number of aromatic nitrogens is 4. The summed E-state index contributed by atoms with van der Waals surface area (Å²) in [6, 6.07) is 4.90. The molecule has 0 unspecified atom stereocenters. The van der Waals surface area contributed by atoms with Gasteiger partial charge in [-0.05, 0) is 31.4 Å². The number of amides is 1. The van der Waals surface area contributed by atoms with Gasteiger partial charge >= 0.3 is 0 Å². The predicted molar refractivity (Wildman–Crippen MR) is 134 cm³/mol. The van der Waals surface area contributed by atoms with Crippen molar-refractivity contribution in [1.29, 1.82) is 0 Å². The molecule has 12 heteroatoms. The zero-order chi connectivity index (χ0) is 24.4. The minimum Gasteiger partial charge on any atom is -0.444 e. The lowest BCUT2D eigenvalue weighted by Crippen LogP contribution is -2.31. The van der Waals surface area contributed by atoms with Crippen molar-refractivity contribution >= 4 is 44.2 Å². The summed E-state index contributed by atoms with van der Waals surface area (Å²) in [7, 11) is 1.64. The van der Waals surface area contributed by atoms with Gasteiger partial charge in [0, 0.05) is 38.9 Å². The molecule has 3 N–H and O–H groups in total. The van der Waals surface area contributed by atoms with Crippen molar-refractivity contribution in [2.24, 2.45) is 7.05 Å². The Morgan fingerprint density at radius 3 is 2.80 bits per heavy atom. The van der Waals surface area contributed by atoms with Crippen LogP contribution in [0.5, 0.6) is 0 Å². The summed E-state index contributed by atoms with van der Waals surface area (Å²) < 4.78 is 7.75. The van der Waals surface area contributed by atoms with E-state index in [1.165, 1.54) is 34.7 Å². The Balaban J connectivity index is 1.44. The van der Waals surface area contributed by atoms with Crippen LogP contribution in [0.3, 0.4) is 0 Å². The second-order valence-corrected chi connectivity index (χ2v) is 9.29. The van der Waals surface area contributed by atoms with E-state index in [1.54, 1.807) is 19.3 Å². The summed E-state index contributed by atoms with van der Waals surface area (Å²) in [5, 5.41) is 15.8. The lowest BCUT2D eigenvalue weighted by Gasteiger charge is -2.29. The molecule has 4 aromatic rings. The summed E-state index contributed by atoms with van der Waals surface area (Å²) in [4.78, 5) is 40.5. The summed E-state index contributed by atoms with van der Waals surface area (Å²) in [5.41, 5.74) is 1.73. The van der Waals surface area contributed by atoms with Gasteiger partial charge in [-0.1, -0.05) is 11.3 Å². The van der Waals surface area contributed by atoms with E-state index in [9.17, 15) is 9.59 Å². The molecule has 11 nitrogen and oxygen atoms in total. The Morgan fingerprint density at radius 1 is 1.20 bits per heavy atom.